The molecule has 104 valence electrons. The second-order valence-electron chi connectivity index (χ2n) is 3.57. The van der Waals surface area contributed by atoms with Gasteiger partial charge in [0.1, 0.15) is 12.4 Å². The predicted octanol–water partition coefficient (Wildman–Crippen LogP) is 1.98. The number of nitrogens with one attached hydrogen (secondary N) is 1. The summed E-state index contributed by atoms with van der Waals surface area (Å²) < 4.78 is 22.7. The van der Waals surface area contributed by atoms with Crippen molar-refractivity contribution >= 4 is 17.6 Å². The molecule has 1 N–H and O–H groups in total. The van der Waals surface area contributed by atoms with Gasteiger partial charge in [-0.3, -0.25) is 4.79 Å². The number of anilines is 1. The Morgan fingerprint density at radius 1 is 1.21 bits per heavy atom. The number of ether oxygens (including phenoxy) is 2. The highest BCUT2D eigenvalue weighted by atomic mass is 19.1. The van der Waals surface area contributed by atoms with E-state index in [0.717, 1.165) is 6.07 Å². The maximum atomic E-state index is 13.1. The van der Waals surface area contributed by atoms with Crippen molar-refractivity contribution in [1.82, 2.24) is 0 Å². The van der Waals surface area contributed by atoms with Crippen LogP contribution >= 0.6 is 0 Å². The van der Waals surface area contributed by atoms with Gasteiger partial charge in [-0.25, -0.2) is 9.18 Å². The average molecular weight is 269 g/mol. The largest absolute Gasteiger partial charge is 0.465 e. The van der Waals surface area contributed by atoms with Gasteiger partial charge in [0.15, 0.2) is 0 Å². The van der Waals surface area contributed by atoms with E-state index in [1.807, 2.05) is 0 Å². The van der Waals surface area contributed by atoms with E-state index in [-0.39, 0.29) is 25.3 Å². The molecule has 0 aromatic heterocycles. The quantitative estimate of drug-likeness (QED) is 0.800. The Hall–Kier alpha value is -2.11. The van der Waals surface area contributed by atoms with E-state index in [4.69, 9.17) is 9.47 Å². The molecule has 0 amide bonds. The molecule has 0 saturated heterocycles. The molecule has 0 aliphatic heterocycles. The fourth-order valence-electron chi connectivity index (χ4n) is 1.43. The van der Waals surface area contributed by atoms with Crippen molar-refractivity contribution in [3.05, 3.63) is 29.6 Å². The summed E-state index contributed by atoms with van der Waals surface area (Å²) >= 11 is 0. The number of benzene rings is 1. The molecule has 0 aliphatic rings. The highest BCUT2D eigenvalue weighted by Crippen LogP contribution is 2.18. The van der Waals surface area contributed by atoms with Crippen LogP contribution in [-0.4, -0.2) is 31.7 Å². The first-order valence-electron chi connectivity index (χ1n) is 5.94. The third-order valence-corrected chi connectivity index (χ3v) is 2.21. The molecule has 19 heavy (non-hydrogen) atoms. The number of hydrogen-bond acceptors (Lipinski definition) is 5. The summed E-state index contributed by atoms with van der Waals surface area (Å²) in [5.74, 6) is -1.65. The molecule has 1 rings (SSSR count). The van der Waals surface area contributed by atoms with Crippen molar-refractivity contribution in [2.45, 2.75) is 13.8 Å². The van der Waals surface area contributed by atoms with Crippen molar-refractivity contribution < 1.29 is 23.5 Å². The van der Waals surface area contributed by atoms with Gasteiger partial charge in [-0.15, -0.1) is 0 Å². The van der Waals surface area contributed by atoms with Gasteiger partial charge in [0, 0.05) is 5.69 Å². The molecule has 0 spiro atoms. The zero-order chi connectivity index (χ0) is 14.3. The maximum Gasteiger partial charge on any atom is 0.340 e. The number of carbonyl (C=O) groups is 2. The first-order chi connectivity index (χ1) is 9.08. The molecule has 1 aromatic carbocycles. The minimum Gasteiger partial charge on any atom is -0.465 e. The van der Waals surface area contributed by atoms with Crippen LogP contribution in [0.1, 0.15) is 24.2 Å². The lowest BCUT2D eigenvalue weighted by Gasteiger charge is -2.11. The Bertz CT molecular complexity index is 462. The van der Waals surface area contributed by atoms with Crippen LogP contribution in [0.25, 0.3) is 0 Å². The van der Waals surface area contributed by atoms with Gasteiger partial charge in [0.25, 0.3) is 0 Å². The van der Waals surface area contributed by atoms with Gasteiger partial charge in [-0.2, -0.15) is 0 Å². The summed E-state index contributed by atoms with van der Waals surface area (Å²) in [5, 5.41) is 2.72. The van der Waals surface area contributed by atoms with Crippen molar-refractivity contribution in [2.75, 3.05) is 25.1 Å². The first kappa shape index (κ1) is 14.9. The third-order valence-electron chi connectivity index (χ3n) is 2.21. The Morgan fingerprint density at radius 2 is 1.89 bits per heavy atom. The minimum atomic E-state index is -0.645. The fourth-order valence-corrected chi connectivity index (χ4v) is 1.43. The summed E-state index contributed by atoms with van der Waals surface area (Å²) in [6, 6.07) is 3.63. The van der Waals surface area contributed by atoms with Crippen LogP contribution in [-0.2, 0) is 14.3 Å². The van der Waals surface area contributed by atoms with Gasteiger partial charge in [0.05, 0.1) is 18.8 Å². The van der Waals surface area contributed by atoms with Crippen LogP contribution < -0.4 is 5.32 Å². The highest BCUT2D eigenvalue weighted by molar-refractivity contribution is 5.96. The third kappa shape index (κ3) is 4.57. The van der Waals surface area contributed by atoms with E-state index >= 15 is 0 Å². The van der Waals surface area contributed by atoms with Gasteiger partial charge >= 0.3 is 11.9 Å². The topological polar surface area (TPSA) is 64.6 Å². The molecule has 0 unspecified atom stereocenters. The standard InChI is InChI=1S/C13H16FNO4/c1-3-18-12(16)8-15-11-6-5-9(14)7-10(11)13(17)19-4-2/h5-7,15H,3-4,8H2,1-2H3. The molecule has 1 aromatic rings. The van der Waals surface area contributed by atoms with Gasteiger partial charge in [-0.05, 0) is 32.0 Å². The van der Waals surface area contributed by atoms with Gasteiger partial charge in [-0.1, -0.05) is 0 Å². The molecule has 5 nitrogen and oxygen atoms in total. The van der Waals surface area contributed by atoms with Crippen molar-refractivity contribution in [3.63, 3.8) is 0 Å². The van der Waals surface area contributed by atoms with Crippen molar-refractivity contribution in [3.8, 4) is 0 Å². The molecule has 0 radical (unpaired) electrons. The normalized spacial score (nSPS) is 9.84. The molecule has 6 heteroatoms. The van der Waals surface area contributed by atoms with Crippen molar-refractivity contribution in [2.24, 2.45) is 0 Å². The lowest BCUT2D eigenvalue weighted by molar-refractivity contribution is -0.140. The molecule has 0 heterocycles. The van der Waals surface area contributed by atoms with E-state index < -0.39 is 17.8 Å². The zero-order valence-electron chi connectivity index (χ0n) is 10.9. The first-order valence-corrected chi connectivity index (χ1v) is 5.94. The SMILES string of the molecule is CCOC(=O)CNc1ccc(F)cc1C(=O)OCC. The van der Waals surface area contributed by atoms with Gasteiger partial charge < -0.3 is 14.8 Å². The second kappa shape index (κ2) is 7.35. The number of esters is 2. The molecule has 0 atom stereocenters. The van der Waals surface area contributed by atoms with E-state index in [1.165, 1.54) is 12.1 Å². The minimum absolute atomic E-state index is 0.0474. The average Bonchev–Trinajstić information content (AvgIpc) is 2.38. The molecular formula is C13H16FNO4. The van der Waals surface area contributed by atoms with Crippen LogP contribution in [0.5, 0.6) is 0 Å². The molecular weight excluding hydrogens is 253 g/mol. The van der Waals surface area contributed by atoms with E-state index in [1.54, 1.807) is 13.8 Å². The monoisotopic (exact) mass is 269 g/mol. The number of rotatable bonds is 6. The number of carbonyl (C=O) groups excluding carboxylic acids is 2. The van der Waals surface area contributed by atoms with Crippen LogP contribution in [0.4, 0.5) is 10.1 Å². The Balaban J connectivity index is 2.82. The van der Waals surface area contributed by atoms with Gasteiger partial charge in [0.2, 0.25) is 0 Å². The lowest BCUT2D eigenvalue weighted by Crippen LogP contribution is -2.18. The molecule has 0 saturated carbocycles. The molecule has 0 bridgehead atoms. The van der Waals surface area contributed by atoms with Crippen molar-refractivity contribution in [1.29, 1.82) is 0 Å². The van der Waals surface area contributed by atoms with Crippen LogP contribution in [0.3, 0.4) is 0 Å². The summed E-state index contributed by atoms with van der Waals surface area (Å²) in [6.07, 6.45) is 0. The Kier molecular flexibility index (Phi) is 5.78. The number of hydrogen-bond donors (Lipinski definition) is 1. The summed E-state index contributed by atoms with van der Waals surface area (Å²) in [6.45, 7) is 3.70. The maximum absolute atomic E-state index is 13.1. The smallest absolute Gasteiger partial charge is 0.340 e. The van der Waals surface area contributed by atoms with E-state index in [2.05, 4.69) is 5.32 Å². The zero-order valence-corrected chi connectivity index (χ0v) is 10.9. The van der Waals surface area contributed by atoms with E-state index in [9.17, 15) is 14.0 Å². The fraction of sp³-hybridized carbons (Fsp3) is 0.385. The summed E-state index contributed by atoms with van der Waals surface area (Å²) in [7, 11) is 0. The Morgan fingerprint density at radius 3 is 2.53 bits per heavy atom. The highest BCUT2D eigenvalue weighted by Gasteiger charge is 2.14. The Labute approximate surface area is 110 Å². The van der Waals surface area contributed by atoms with E-state index in [0.29, 0.717) is 5.69 Å². The summed E-state index contributed by atoms with van der Waals surface area (Å²) in [5.41, 5.74) is 0.374. The number of halogens is 1. The summed E-state index contributed by atoms with van der Waals surface area (Å²) in [4.78, 5) is 22.9. The van der Waals surface area contributed by atoms with Crippen LogP contribution in [0, 0.1) is 5.82 Å². The van der Waals surface area contributed by atoms with Crippen LogP contribution in [0.15, 0.2) is 18.2 Å². The molecule has 0 fully saturated rings. The molecule has 0 aliphatic carbocycles. The van der Waals surface area contributed by atoms with Crippen LogP contribution in [0.2, 0.25) is 0 Å². The second-order valence-corrected chi connectivity index (χ2v) is 3.57. The lowest BCUT2D eigenvalue weighted by atomic mass is 10.1. The predicted molar refractivity (Wildman–Crippen MR) is 67.5 cm³/mol.